The molecule has 0 unspecified atom stereocenters. The number of aromatic nitrogens is 2. The van der Waals surface area contributed by atoms with E-state index in [0.717, 1.165) is 36.6 Å². The van der Waals surface area contributed by atoms with E-state index in [1.54, 1.807) is 0 Å². The third-order valence-electron chi connectivity index (χ3n) is 4.03. The van der Waals surface area contributed by atoms with Crippen LogP contribution < -0.4 is 5.32 Å². The highest BCUT2D eigenvalue weighted by Gasteiger charge is 2.34. The summed E-state index contributed by atoms with van der Waals surface area (Å²) in [5, 5.41) is 31.3. The van der Waals surface area contributed by atoms with Crippen molar-refractivity contribution >= 4 is 16.6 Å². The largest absolute Gasteiger partial charge is 0.394 e. The fraction of sp³-hybridized carbons (Fsp3) is 0.400. The van der Waals surface area contributed by atoms with Crippen LogP contribution in [0.25, 0.3) is 10.9 Å². The van der Waals surface area contributed by atoms with E-state index in [-0.39, 0.29) is 17.8 Å². The molecule has 0 radical (unpaired) electrons. The summed E-state index contributed by atoms with van der Waals surface area (Å²) in [5.74, 6) is 0. The van der Waals surface area contributed by atoms with Crippen LogP contribution in [0.4, 0.5) is 5.69 Å². The van der Waals surface area contributed by atoms with Crippen LogP contribution in [0.5, 0.6) is 0 Å². The molecular formula is C15H16N4O. The quantitative estimate of drug-likeness (QED) is 0.892. The molecule has 1 saturated carbocycles. The Labute approximate surface area is 117 Å². The van der Waals surface area contributed by atoms with Gasteiger partial charge in [-0.1, -0.05) is 31.0 Å². The Morgan fingerprint density at radius 2 is 2.00 bits per heavy atom. The van der Waals surface area contributed by atoms with Crippen molar-refractivity contribution in [1.29, 1.82) is 5.26 Å². The van der Waals surface area contributed by atoms with Gasteiger partial charge in [-0.2, -0.15) is 5.26 Å². The lowest BCUT2D eigenvalue weighted by Crippen LogP contribution is -2.39. The molecule has 1 aliphatic rings. The number of nitrogens with zero attached hydrogens (tertiary/aromatic N) is 3. The van der Waals surface area contributed by atoms with Gasteiger partial charge in [0.25, 0.3) is 0 Å². The molecule has 102 valence electrons. The zero-order valence-electron chi connectivity index (χ0n) is 11.1. The van der Waals surface area contributed by atoms with E-state index < -0.39 is 0 Å². The fourth-order valence-corrected chi connectivity index (χ4v) is 2.90. The van der Waals surface area contributed by atoms with Crippen LogP contribution >= 0.6 is 0 Å². The molecule has 5 nitrogen and oxygen atoms in total. The first kappa shape index (κ1) is 12.8. The van der Waals surface area contributed by atoms with Crippen molar-refractivity contribution in [1.82, 2.24) is 10.2 Å². The number of hydrogen-bond donors (Lipinski definition) is 2. The Bertz CT molecular complexity index is 671. The van der Waals surface area contributed by atoms with Crippen LogP contribution in [0.15, 0.2) is 24.3 Å². The highest BCUT2D eigenvalue weighted by Crippen LogP contribution is 2.35. The number of aliphatic hydroxyl groups excluding tert-OH is 1. The molecule has 0 saturated heterocycles. The van der Waals surface area contributed by atoms with E-state index >= 15 is 0 Å². The smallest absolute Gasteiger partial charge is 0.186 e. The third kappa shape index (κ3) is 2.08. The predicted octanol–water partition coefficient (Wildman–Crippen LogP) is 2.22. The van der Waals surface area contributed by atoms with Gasteiger partial charge in [-0.3, -0.25) is 0 Å². The third-order valence-corrected chi connectivity index (χ3v) is 4.03. The van der Waals surface area contributed by atoms with E-state index in [1.165, 1.54) is 0 Å². The molecule has 1 aromatic carbocycles. The molecule has 0 spiro atoms. The van der Waals surface area contributed by atoms with E-state index in [4.69, 9.17) is 0 Å². The number of nitriles is 1. The van der Waals surface area contributed by atoms with Crippen LogP contribution in [0.3, 0.4) is 0 Å². The van der Waals surface area contributed by atoms with Crippen LogP contribution in [0, 0.1) is 11.3 Å². The molecule has 3 rings (SSSR count). The summed E-state index contributed by atoms with van der Waals surface area (Å²) in [7, 11) is 0. The molecule has 0 atom stereocenters. The van der Waals surface area contributed by atoms with Crippen molar-refractivity contribution in [3.05, 3.63) is 30.0 Å². The minimum absolute atomic E-state index is 0.0640. The van der Waals surface area contributed by atoms with E-state index in [0.29, 0.717) is 5.69 Å². The van der Waals surface area contributed by atoms with Gasteiger partial charge in [-0.25, -0.2) is 0 Å². The molecule has 2 N–H and O–H groups in total. The Balaban J connectivity index is 2.12. The average molecular weight is 268 g/mol. The van der Waals surface area contributed by atoms with Gasteiger partial charge >= 0.3 is 0 Å². The summed E-state index contributed by atoms with van der Waals surface area (Å²) in [4.78, 5) is 0. The summed E-state index contributed by atoms with van der Waals surface area (Å²) >= 11 is 0. The number of fused-ring (bicyclic) bond motifs is 1. The normalized spacial score (nSPS) is 17.0. The van der Waals surface area contributed by atoms with Crippen LogP contribution in [0.1, 0.15) is 31.4 Å². The van der Waals surface area contributed by atoms with Crippen LogP contribution in [0.2, 0.25) is 0 Å². The molecule has 0 aliphatic heterocycles. The lowest BCUT2D eigenvalue weighted by molar-refractivity contribution is 0.214. The van der Waals surface area contributed by atoms with E-state index in [2.05, 4.69) is 21.6 Å². The van der Waals surface area contributed by atoms with Crippen molar-refractivity contribution in [2.24, 2.45) is 0 Å². The molecule has 0 bridgehead atoms. The summed E-state index contributed by atoms with van der Waals surface area (Å²) in [6, 6.07) is 9.69. The van der Waals surface area contributed by atoms with E-state index in [1.807, 2.05) is 24.3 Å². The Morgan fingerprint density at radius 1 is 1.25 bits per heavy atom. The molecule has 5 heteroatoms. The van der Waals surface area contributed by atoms with Gasteiger partial charge in [0.1, 0.15) is 6.07 Å². The summed E-state index contributed by atoms with van der Waals surface area (Å²) in [5.41, 5.74) is 1.38. The lowest BCUT2D eigenvalue weighted by atomic mass is 9.97. The molecule has 1 heterocycles. The first-order valence-corrected chi connectivity index (χ1v) is 6.83. The summed E-state index contributed by atoms with van der Waals surface area (Å²) in [6.45, 7) is 0.0640. The Hall–Kier alpha value is -2.19. The maximum atomic E-state index is 9.73. The number of hydrogen-bond acceptors (Lipinski definition) is 5. The maximum Gasteiger partial charge on any atom is 0.186 e. The SMILES string of the molecule is N#Cc1nnc2ccccc2c1NC1(CO)CCCC1. The van der Waals surface area contributed by atoms with E-state index in [9.17, 15) is 10.4 Å². The fourth-order valence-electron chi connectivity index (χ4n) is 2.90. The highest BCUT2D eigenvalue weighted by atomic mass is 16.3. The summed E-state index contributed by atoms with van der Waals surface area (Å²) in [6.07, 6.45) is 3.99. The Kier molecular flexibility index (Phi) is 3.25. The van der Waals surface area contributed by atoms with Gasteiger partial charge in [-0.15, -0.1) is 10.2 Å². The average Bonchev–Trinajstić information content (AvgIpc) is 2.97. The lowest BCUT2D eigenvalue weighted by Gasteiger charge is -2.30. The molecule has 1 aliphatic carbocycles. The van der Waals surface area contributed by atoms with Crippen molar-refractivity contribution in [3.63, 3.8) is 0 Å². The Morgan fingerprint density at radius 3 is 2.70 bits per heavy atom. The van der Waals surface area contributed by atoms with Gasteiger partial charge in [0.05, 0.1) is 23.3 Å². The van der Waals surface area contributed by atoms with Gasteiger partial charge < -0.3 is 10.4 Å². The second-order valence-corrected chi connectivity index (χ2v) is 5.32. The molecular weight excluding hydrogens is 252 g/mol. The van der Waals surface area contributed by atoms with Crippen molar-refractivity contribution in [2.45, 2.75) is 31.2 Å². The number of aliphatic hydroxyl groups is 1. The molecule has 20 heavy (non-hydrogen) atoms. The van der Waals surface area contributed by atoms with Gasteiger partial charge in [-0.05, 0) is 18.9 Å². The molecule has 1 fully saturated rings. The first-order valence-electron chi connectivity index (χ1n) is 6.83. The topological polar surface area (TPSA) is 81.8 Å². The van der Waals surface area contributed by atoms with Gasteiger partial charge in [0.15, 0.2) is 5.69 Å². The zero-order valence-corrected chi connectivity index (χ0v) is 11.1. The number of rotatable bonds is 3. The summed E-state index contributed by atoms with van der Waals surface area (Å²) < 4.78 is 0. The standard InChI is InChI=1S/C15H16N4O/c16-9-13-14(17-15(10-20)7-3-4-8-15)11-5-1-2-6-12(11)18-19-13/h1-2,5-6,20H,3-4,7-8,10H2,(H,17,18). The second-order valence-electron chi connectivity index (χ2n) is 5.32. The van der Waals surface area contributed by atoms with Crippen molar-refractivity contribution < 1.29 is 5.11 Å². The number of benzene rings is 1. The zero-order chi connectivity index (χ0) is 14.0. The minimum atomic E-state index is -0.336. The number of anilines is 1. The molecule has 1 aromatic heterocycles. The highest BCUT2D eigenvalue weighted by molar-refractivity contribution is 5.93. The van der Waals surface area contributed by atoms with Crippen LogP contribution in [-0.4, -0.2) is 27.4 Å². The van der Waals surface area contributed by atoms with Crippen molar-refractivity contribution in [2.75, 3.05) is 11.9 Å². The maximum absolute atomic E-state index is 9.73. The predicted molar refractivity (Wildman–Crippen MR) is 76.2 cm³/mol. The molecule has 0 amide bonds. The first-order chi connectivity index (χ1) is 9.78. The van der Waals surface area contributed by atoms with Crippen LogP contribution in [-0.2, 0) is 0 Å². The monoisotopic (exact) mass is 268 g/mol. The van der Waals surface area contributed by atoms with Gasteiger partial charge in [0.2, 0.25) is 0 Å². The minimum Gasteiger partial charge on any atom is -0.394 e. The molecule has 2 aromatic rings. The van der Waals surface area contributed by atoms with Crippen molar-refractivity contribution in [3.8, 4) is 6.07 Å². The van der Waals surface area contributed by atoms with Gasteiger partial charge in [0, 0.05) is 5.39 Å². The number of nitrogens with one attached hydrogen (secondary N) is 1. The second kappa shape index (κ2) is 5.06.